The molecule has 19 heavy (non-hydrogen) atoms. The van der Waals surface area contributed by atoms with Crippen LogP contribution in [0, 0.1) is 11.8 Å². The fourth-order valence-electron chi connectivity index (χ4n) is 1.99. The molecular formula is C13H24N2O4. The standard InChI is InChI=1S/C13H24N2O4/c1-10(2-3-12(16)17)4-6-14-13(18)15-8-11-5-7-19-9-11/h10-11H,2-9H2,1H3,(H,16,17)(H2,14,15,18). The Morgan fingerprint density at radius 3 is 2.79 bits per heavy atom. The Morgan fingerprint density at radius 1 is 1.37 bits per heavy atom. The molecule has 0 aromatic carbocycles. The third-order valence-corrected chi connectivity index (χ3v) is 3.35. The van der Waals surface area contributed by atoms with Crippen LogP contribution in [0.5, 0.6) is 0 Å². The van der Waals surface area contributed by atoms with E-state index in [1.165, 1.54) is 0 Å². The molecule has 1 heterocycles. The molecule has 0 aromatic heterocycles. The Morgan fingerprint density at radius 2 is 2.16 bits per heavy atom. The molecule has 2 unspecified atom stereocenters. The van der Waals surface area contributed by atoms with Crippen LogP contribution < -0.4 is 10.6 Å². The quantitative estimate of drug-likeness (QED) is 0.620. The van der Waals surface area contributed by atoms with E-state index >= 15 is 0 Å². The number of hydrogen-bond donors (Lipinski definition) is 3. The fraction of sp³-hybridized carbons (Fsp3) is 0.846. The smallest absolute Gasteiger partial charge is 0.314 e. The molecular weight excluding hydrogens is 248 g/mol. The molecule has 110 valence electrons. The highest BCUT2D eigenvalue weighted by atomic mass is 16.5. The number of rotatable bonds is 8. The van der Waals surface area contributed by atoms with E-state index in [0.29, 0.717) is 31.3 Å². The highest BCUT2D eigenvalue weighted by Crippen LogP contribution is 2.10. The van der Waals surface area contributed by atoms with E-state index in [9.17, 15) is 9.59 Å². The maximum atomic E-state index is 11.5. The molecule has 0 aromatic rings. The van der Waals surface area contributed by atoms with Gasteiger partial charge in [0.05, 0.1) is 6.61 Å². The molecule has 6 heteroatoms. The lowest BCUT2D eigenvalue weighted by Crippen LogP contribution is -2.39. The average Bonchev–Trinajstić information content (AvgIpc) is 2.87. The van der Waals surface area contributed by atoms with Crippen molar-refractivity contribution in [1.29, 1.82) is 0 Å². The number of urea groups is 1. The van der Waals surface area contributed by atoms with Gasteiger partial charge in [0.25, 0.3) is 0 Å². The second kappa shape index (κ2) is 8.74. The number of hydrogen-bond acceptors (Lipinski definition) is 3. The predicted octanol–water partition coefficient (Wildman–Crippen LogP) is 1.21. The first kappa shape index (κ1) is 15.8. The van der Waals surface area contributed by atoms with Gasteiger partial charge in [-0.15, -0.1) is 0 Å². The highest BCUT2D eigenvalue weighted by Gasteiger charge is 2.16. The number of ether oxygens (including phenoxy) is 1. The Kier molecular flexibility index (Phi) is 7.25. The molecule has 6 nitrogen and oxygen atoms in total. The normalized spacial score (nSPS) is 19.9. The van der Waals surface area contributed by atoms with Crippen molar-refractivity contribution in [3.05, 3.63) is 0 Å². The first-order chi connectivity index (χ1) is 9.08. The fourth-order valence-corrected chi connectivity index (χ4v) is 1.99. The van der Waals surface area contributed by atoms with Crippen LogP contribution in [0.2, 0.25) is 0 Å². The summed E-state index contributed by atoms with van der Waals surface area (Å²) in [7, 11) is 0. The van der Waals surface area contributed by atoms with Crippen LogP contribution in [-0.2, 0) is 9.53 Å². The zero-order chi connectivity index (χ0) is 14.1. The van der Waals surface area contributed by atoms with Crippen molar-refractivity contribution >= 4 is 12.0 Å². The Balaban J connectivity index is 1.98. The first-order valence-electron chi connectivity index (χ1n) is 6.89. The van der Waals surface area contributed by atoms with Crippen LogP contribution in [0.25, 0.3) is 0 Å². The molecule has 1 fully saturated rings. The van der Waals surface area contributed by atoms with Crippen LogP contribution >= 0.6 is 0 Å². The van der Waals surface area contributed by atoms with E-state index in [0.717, 1.165) is 26.1 Å². The minimum Gasteiger partial charge on any atom is -0.481 e. The SMILES string of the molecule is CC(CCNC(=O)NCC1CCOC1)CCC(=O)O. The predicted molar refractivity (Wildman–Crippen MR) is 71.0 cm³/mol. The van der Waals surface area contributed by atoms with Gasteiger partial charge >= 0.3 is 12.0 Å². The van der Waals surface area contributed by atoms with Crippen LogP contribution in [0.15, 0.2) is 0 Å². The lowest BCUT2D eigenvalue weighted by molar-refractivity contribution is -0.137. The van der Waals surface area contributed by atoms with Crippen molar-refractivity contribution in [2.75, 3.05) is 26.3 Å². The number of aliphatic carboxylic acids is 1. The van der Waals surface area contributed by atoms with E-state index in [2.05, 4.69) is 10.6 Å². The molecule has 3 N–H and O–H groups in total. The second-order valence-electron chi connectivity index (χ2n) is 5.19. The molecule has 2 amide bonds. The maximum absolute atomic E-state index is 11.5. The molecule has 1 aliphatic heterocycles. The van der Waals surface area contributed by atoms with Crippen molar-refractivity contribution in [2.45, 2.75) is 32.6 Å². The molecule has 0 saturated carbocycles. The lowest BCUT2D eigenvalue weighted by atomic mass is 10.0. The lowest BCUT2D eigenvalue weighted by Gasteiger charge is -2.13. The van der Waals surface area contributed by atoms with Crippen LogP contribution in [0.3, 0.4) is 0 Å². The third-order valence-electron chi connectivity index (χ3n) is 3.35. The molecule has 1 aliphatic rings. The van der Waals surface area contributed by atoms with Crippen molar-refractivity contribution in [3.63, 3.8) is 0 Å². The monoisotopic (exact) mass is 272 g/mol. The molecule has 0 spiro atoms. The molecule has 2 atom stereocenters. The van der Waals surface area contributed by atoms with Gasteiger partial charge < -0.3 is 20.5 Å². The van der Waals surface area contributed by atoms with Crippen molar-refractivity contribution in [1.82, 2.24) is 10.6 Å². The first-order valence-corrected chi connectivity index (χ1v) is 6.89. The van der Waals surface area contributed by atoms with Crippen LogP contribution in [0.4, 0.5) is 4.79 Å². The molecule has 1 saturated heterocycles. The summed E-state index contributed by atoms with van der Waals surface area (Å²) in [4.78, 5) is 21.9. The number of carbonyl (C=O) groups excluding carboxylic acids is 1. The van der Waals surface area contributed by atoms with Gasteiger partial charge in [-0.2, -0.15) is 0 Å². The van der Waals surface area contributed by atoms with Crippen LogP contribution in [0.1, 0.15) is 32.6 Å². The van der Waals surface area contributed by atoms with Gasteiger partial charge in [-0.25, -0.2) is 4.79 Å². The Bertz CT molecular complexity index is 290. The van der Waals surface area contributed by atoms with Gasteiger partial charge in [-0.1, -0.05) is 6.92 Å². The van der Waals surface area contributed by atoms with E-state index < -0.39 is 5.97 Å². The minimum atomic E-state index is -0.767. The van der Waals surface area contributed by atoms with Gasteiger partial charge in [-0.3, -0.25) is 4.79 Å². The van der Waals surface area contributed by atoms with Crippen molar-refractivity contribution in [3.8, 4) is 0 Å². The van der Waals surface area contributed by atoms with Crippen molar-refractivity contribution < 1.29 is 19.4 Å². The molecule has 0 aliphatic carbocycles. The molecule has 1 rings (SSSR count). The second-order valence-corrected chi connectivity index (χ2v) is 5.19. The topological polar surface area (TPSA) is 87.7 Å². The number of carboxylic acid groups (broad SMARTS) is 1. The van der Waals surface area contributed by atoms with Gasteiger partial charge in [0, 0.05) is 32.0 Å². The summed E-state index contributed by atoms with van der Waals surface area (Å²) in [5.74, 6) is -0.0313. The zero-order valence-corrected chi connectivity index (χ0v) is 11.5. The van der Waals surface area contributed by atoms with E-state index in [1.807, 2.05) is 6.92 Å². The van der Waals surface area contributed by atoms with Crippen LogP contribution in [-0.4, -0.2) is 43.4 Å². The zero-order valence-electron chi connectivity index (χ0n) is 11.5. The van der Waals surface area contributed by atoms with Gasteiger partial charge in [0.1, 0.15) is 0 Å². The Hall–Kier alpha value is -1.30. The summed E-state index contributed by atoms with van der Waals surface area (Å²) >= 11 is 0. The minimum absolute atomic E-state index is 0.155. The Labute approximate surface area is 113 Å². The molecule has 0 radical (unpaired) electrons. The highest BCUT2D eigenvalue weighted by molar-refractivity contribution is 5.73. The summed E-state index contributed by atoms with van der Waals surface area (Å²) in [5.41, 5.74) is 0. The maximum Gasteiger partial charge on any atom is 0.314 e. The largest absolute Gasteiger partial charge is 0.481 e. The summed E-state index contributed by atoms with van der Waals surface area (Å²) in [6.45, 7) is 4.74. The van der Waals surface area contributed by atoms with E-state index in [1.54, 1.807) is 0 Å². The van der Waals surface area contributed by atoms with Gasteiger partial charge in [-0.05, 0) is 25.2 Å². The average molecular weight is 272 g/mol. The van der Waals surface area contributed by atoms with E-state index in [4.69, 9.17) is 9.84 Å². The number of carboxylic acids is 1. The number of amides is 2. The van der Waals surface area contributed by atoms with Crippen molar-refractivity contribution in [2.24, 2.45) is 11.8 Å². The molecule has 0 bridgehead atoms. The van der Waals surface area contributed by atoms with Gasteiger partial charge in [0.15, 0.2) is 0 Å². The summed E-state index contributed by atoms with van der Waals surface area (Å²) in [5, 5.41) is 14.2. The van der Waals surface area contributed by atoms with E-state index in [-0.39, 0.29) is 12.5 Å². The summed E-state index contributed by atoms with van der Waals surface area (Å²) in [6, 6.07) is -0.155. The third kappa shape index (κ3) is 7.66. The van der Waals surface area contributed by atoms with Gasteiger partial charge in [0.2, 0.25) is 0 Å². The number of nitrogens with one attached hydrogen (secondary N) is 2. The summed E-state index contributed by atoms with van der Waals surface area (Å²) in [6.07, 6.45) is 2.65. The summed E-state index contributed by atoms with van der Waals surface area (Å²) < 4.78 is 5.23. The number of carbonyl (C=O) groups is 2.